The van der Waals surface area contributed by atoms with E-state index >= 15 is 0 Å². The first-order valence-corrected chi connectivity index (χ1v) is 13.2. The van der Waals surface area contributed by atoms with Gasteiger partial charge in [0.1, 0.15) is 22.0 Å². The molecule has 9 heteroatoms. The zero-order chi connectivity index (χ0) is 22.0. The van der Waals surface area contributed by atoms with Crippen molar-refractivity contribution >= 4 is 38.8 Å². The third-order valence-corrected chi connectivity index (χ3v) is 11.0. The summed E-state index contributed by atoms with van der Waals surface area (Å²) < 4.78 is 42.2. The Balaban J connectivity index is 1.24. The summed E-state index contributed by atoms with van der Waals surface area (Å²) in [7, 11) is -3.68. The van der Waals surface area contributed by atoms with E-state index in [1.807, 2.05) is 0 Å². The summed E-state index contributed by atoms with van der Waals surface area (Å²) in [6.45, 7) is 7.56. The lowest BCUT2D eigenvalue weighted by atomic mass is 9.71. The van der Waals surface area contributed by atoms with Gasteiger partial charge in [-0.3, -0.25) is 4.79 Å². The van der Waals surface area contributed by atoms with Gasteiger partial charge in [0.15, 0.2) is 0 Å². The van der Waals surface area contributed by atoms with Crippen LogP contribution in [0, 0.1) is 22.7 Å². The van der Waals surface area contributed by atoms with Gasteiger partial charge in [-0.25, -0.2) is 8.42 Å². The molecule has 5 rings (SSSR count). The number of hydrogen-bond donors (Lipinski definition) is 0. The number of piperidine rings is 1. The predicted octanol–water partition coefficient (Wildman–Crippen LogP) is 3.85. The maximum Gasteiger partial charge on any atom is 0.309 e. The molecule has 2 bridgehead atoms. The van der Waals surface area contributed by atoms with Gasteiger partial charge in [-0.05, 0) is 55.1 Å². The second kappa shape index (κ2) is 7.22. The normalized spacial score (nSPS) is 31.3. The highest BCUT2D eigenvalue weighted by Gasteiger charge is 2.61. The molecule has 7 nitrogen and oxygen atoms in total. The molecule has 1 aromatic heterocycles. The average Bonchev–Trinajstić information content (AvgIpc) is 3.35. The Morgan fingerprint density at radius 1 is 1.16 bits per heavy atom. The number of carbonyl (C=O) groups excluding carboxylic acids is 1. The van der Waals surface area contributed by atoms with Crippen molar-refractivity contribution in [3.63, 3.8) is 0 Å². The van der Waals surface area contributed by atoms with Crippen LogP contribution < -0.4 is 0 Å². The van der Waals surface area contributed by atoms with Crippen LogP contribution >= 0.6 is 11.7 Å². The Bertz CT molecular complexity index is 1120. The number of esters is 1. The molecule has 1 aromatic carbocycles. The van der Waals surface area contributed by atoms with Crippen LogP contribution in [0.3, 0.4) is 0 Å². The van der Waals surface area contributed by atoms with Gasteiger partial charge >= 0.3 is 5.97 Å². The Hall–Kier alpha value is -1.58. The summed E-state index contributed by atoms with van der Waals surface area (Å²) in [5, 5.41) is 0. The maximum atomic E-state index is 13.2. The van der Waals surface area contributed by atoms with Gasteiger partial charge in [0.25, 0.3) is 0 Å². The third-order valence-electron chi connectivity index (χ3n) is 8.51. The molecular weight excluding hydrogens is 434 g/mol. The van der Waals surface area contributed by atoms with Crippen LogP contribution in [-0.2, 0) is 19.6 Å². The highest BCUT2D eigenvalue weighted by atomic mass is 32.2. The smallest absolute Gasteiger partial charge is 0.309 e. The van der Waals surface area contributed by atoms with Crippen molar-refractivity contribution in [3.05, 3.63) is 18.2 Å². The minimum atomic E-state index is -3.68. The first-order chi connectivity index (χ1) is 14.6. The van der Waals surface area contributed by atoms with E-state index in [4.69, 9.17) is 4.74 Å². The molecule has 3 atom stereocenters. The molecule has 0 amide bonds. The standard InChI is InChI=1S/C22H29N3O4S2/c1-21(2)15-7-10-22(21,3)13-17(15)29-20(26)14-8-11-25(12-9-14)31(27,28)18-6-4-5-16-19(18)24-30-23-16/h4-6,14-15,17H,7-13H2,1-3H3/t15-,17-,22+/m0/s1. The van der Waals surface area contributed by atoms with Gasteiger partial charge < -0.3 is 4.74 Å². The molecule has 0 radical (unpaired) electrons. The van der Waals surface area contributed by atoms with E-state index in [2.05, 4.69) is 29.5 Å². The van der Waals surface area contributed by atoms with Gasteiger partial charge in [0.2, 0.25) is 10.0 Å². The fourth-order valence-electron chi connectivity index (χ4n) is 6.04. The van der Waals surface area contributed by atoms with Crippen molar-refractivity contribution in [2.75, 3.05) is 13.1 Å². The minimum Gasteiger partial charge on any atom is -0.462 e. The van der Waals surface area contributed by atoms with Crippen LogP contribution in [0.25, 0.3) is 11.0 Å². The number of ether oxygens (including phenoxy) is 1. The predicted molar refractivity (Wildman–Crippen MR) is 118 cm³/mol. The van der Waals surface area contributed by atoms with Gasteiger partial charge in [-0.1, -0.05) is 26.8 Å². The minimum absolute atomic E-state index is 0.00206. The first-order valence-electron chi connectivity index (χ1n) is 11.1. The molecule has 1 saturated heterocycles. The topological polar surface area (TPSA) is 89.5 Å². The number of nitrogens with zero attached hydrogens (tertiary/aromatic N) is 3. The van der Waals surface area contributed by atoms with Gasteiger partial charge in [-0.2, -0.15) is 13.1 Å². The Labute approximate surface area is 187 Å². The second-order valence-electron chi connectivity index (χ2n) is 10.2. The highest BCUT2D eigenvalue weighted by molar-refractivity contribution is 7.89. The Morgan fingerprint density at radius 2 is 1.90 bits per heavy atom. The molecule has 2 saturated carbocycles. The molecule has 2 aliphatic carbocycles. The molecule has 0 unspecified atom stereocenters. The quantitative estimate of drug-likeness (QED) is 0.640. The van der Waals surface area contributed by atoms with E-state index in [0.717, 1.165) is 24.6 Å². The van der Waals surface area contributed by atoms with Crippen molar-refractivity contribution in [1.29, 1.82) is 0 Å². The maximum absolute atomic E-state index is 13.2. The molecule has 3 fully saturated rings. The number of carbonyl (C=O) groups is 1. The molecule has 2 aromatic rings. The van der Waals surface area contributed by atoms with Crippen molar-refractivity contribution in [2.45, 2.75) is 63.9 Å². The molecule has 0 N–H and O–H groups in total. The highest BCUT2D eigenvalue weighted by Crippen LogP contribution is 2.66. The number of fused-ring (bicyclic) bond motifs is 3. The third kappa shape index (κ3) is 3.23. The Morgan fingerprint density at radius 3 is 2.55 bits per heavy atom. The van der Waals surface area contributed by atoms with E-state index < -0.39 is 10.0 Å². The lowest BCUT2D eigenvalue weighted by molar-refractivity contribution is -0.158. The molecular formula is C22H29N3O4S2. The van der Waals surface area contributed by atoms with Crippen molar-refractivity contribution in [1.82, 2.24) is 13.1 Å². The van der Waals surface area contributed by atoms with Crippen molar-refractivity contribution in [3.8, 4) is 0 Å². The lowest BCUT2D eigenvalue weighted by Gasteiger charge is -2.33. The van der Waals surface area contributed by atoms with Crippen LogP contribution in [0.4, 0.5) is 0 Å². The van der Waals surface area contributed by atoms with Gasteiger partial charge in [-0.15, -0.1) is 0 Å². The molecule has 31 heavy (non-hydrogen) atoms. The van der Waals surface area contributed by atoms with Gasteiger partial charge in [0, 0.05) is 19.0 Å². The van der Waals surface area contributed by atoms with Crippen LogP contribution in [0.1, 0.15) is 52.9 Å². The largest absolute Gasteiger partial charge is 0.462 e. The van der Waals surface area contributed by atoms with E-state index in [0.29, 0.717) is 42.9 Å². The van der Waals surface area contributed by atoms with E-state index in [1.54, 1.807) is 18.2 Å². The van der Waals surface area contributed by atoms with Crippen LogP contribution in [0.2, 0.25) is 0 Å². The second-order valence-corrected chi connectivity index (χ2v) is 12.6. The molecule has 1 aliphatic heterocycles. The first kappa shape index (κ1) is 21.3. The number of hydrogen-bond acceptors (Lipinski definition) is 7. The monoisotopic (exact) mass is 463 g/mol. The summed E-state index contributed by atoms with van der Waals surface area (Å²) in [5.41, 5.74) is 1.44. The molecule has 168 valence electrons. The zero-order valence-electron chi connectivity index (χ0n) is 18.2. The average molecular weight is 464 g/mol. The van der Waals surface area contributed by atoms with Gasteiger partial charge in [0.05, 0.1) is 17.6 Å². The SMILES string of the molecule is CC1(C)[C@H]2CC[C@]1(C)C[C@@H]2OC(=O)C1CCN(S(=O)(=O)c2cccc3nsnc23)CC1. The number of sulfonamides is 1. The zero-order valence-corrected chi connectivity index (χ0v) is 19.8. The Kier molecular flexibility index (Phi) is 4.95. The van der Waals surface area contributed by atoms with Crippen LogP contribution in [0.15, 0.2) is 23.1 Å². The summed E-state index contributed by atoms with van der Waals surface area (Å²) >= 11 is 1.01. The molecule has 2 heterocycles. The fraction of sp³-hybridized carbons (Fsp3) is 0.682. The summed E-state index contributed by atoms with van der Waals surface area (Å²) in [4.78, 5) is 13.1. The fourth-order valence-corrected chi connectivity index (χ4v) is 8.26. The van der Waals surface area contributed by atoms with Crippen molar-refractivity contribution < 1.29 is 17.9 Å². The molecule has 0 spiro atoms. The number of benzene rings is 1. The summed E-state index contributed by atoms with van der Waals surface area (Å²) in [6, 6.07) is 5.03. The lowest BCUT2D eigenvalue weighted by Crippen LogP contribution is -2.41. The van der Waals surface area contributed by atoms with E-state index in [-0.39, 0.29) is 33.7 Å². The number of rotatable bonds is 4. The molecule has 3 aliphatic rings. The number of aromatic nitrogens is 2. The van der Waals surface area contributed by atoms with E-state index in [1.165, 1.54) is 10.7 Å². The van der Waals surface area contributed by atoms with E-state index in [9.17, 15) is 13.2 Å². The summed E-state index contributed by atoms with van der Waals surface area (Å²) in [6.07, 6.45) is 4.24. The van der Waals surface area contributed by atoms with Crippen LogP contribution in [-0.4, -0.2) is 46.6 Å². The van der Waals surface area contributed by atoms with Crippen LogP contribution in [0.5, 0.6) is 0 Å². The van der Waals surface area contributed by atoms with Crippen molar-refractivity contribution in [2.24, 2.45) is 22.7 Å². The summed E-state index contributed by atoms with van der Waals surface area (Å²) in [5.74, 6) is 0.0344.